The maximum atomic E-state index is 11.3. The Morgan fingerprint density at radius 2 is 2.10 bits per heavy atom. The molecule has 0 bridgehead atoms. The highest BCUT2D eigenvalue weighted by molar-refractivity contribution is 5.93. The van der Waals surface area contributed by atoms with Gasteiger partial charge in [-0.05, 0) is 30.7 Å². The molecule has 108 valence electrons. The predicted octanol–water partition coefficient (Wildman–Crippen LogP) is 1.31. The Morgan fingerprint density at radius 1 is 1.35 bits per heavy atom. The second-order valence-corrected chi connectivity index (χ2v) is 3.79. The molecular weight excluding hydrogens is 262 g/mol. The summed E-state index contributed by atoms with van der Waals surface area (Å²) in [6.45, 7) is 2.00. The highest BCUT2D eigenvalue weighted by Crippen LogP contribution is 2.28. The lowest BCUT2D eigenvalue weighted by atomic mass is 10.2. The molecular formula is C14H17NO5. The van der Waals surface area contributed by atoms with Gasteiger partial charge in [-0.2, -0.15) is 0 Å². The Kier molecular flexibility index (Phi) is 6.09. The fraction of sp³-hybridized carbons (Fsp3) is 0.286. The van der Waals surface area contributed by atoms with Crippen LogP contribution in [-0.2, 0) is 9.59 Å². The van der Waals surface area contributed by atoms with Crippen LogP contribution in [0.5, 0.6) is 11.5 Å². The minimum absolute atomic E-state index is 0.407. The van der Waals surface area contributed by atoms with Crippen LogP contribution in [0.25, 0.3) is 6.08 Å². The van der Waals surface area contributed by atoms with E-state index in [2.05, 4.69) is 5.32 Å². The fourth-order valence-electron chi connectivity index (χ4n) is 1.46. The van der Waals surface area contributed by atoms with Crippen molar-refractivity contribution in [1.29, 1.82) is 0 Å². The number of carbonyl (C=O) groups is 2. The fourth-order valence-corrected chi connectivity index (χ4v) is 1.46. The van der Waals surface area contributed by atoms with Crippen molar-refractivity contribution in [2.75, 3.05) is 20.3 Å². The van der Waals surface area contributed by atoms with Gasteiger partial charge in [0.25, 0.3) is 0 Å². The van der Waals surface area contributed by atoms with E-state index in [0.717, 1.165) is 5.56 Å². The van der Waals surface area contributed by atoms with Gasteiger partial charge in [0, 0.05) is 6.08 Å². The molecule has 6 heteroatoms. The zero-order chi connectivity index (χ0) is 15.0. The van der Waals surface area contributed by atoms with E-state index in [0.29, 0.717) is 18.1 Å². The Morgan fingerprint density at radius 3 is 2.70 bits per heavy atom. The summed E-state index contributed by atoms with van der Waals surface area (Å²) >= 11 is 0. The van der Waals surface area contributed by atoms with Gasteiger partial charge in [0.2, 0.25) is 5.91 Å². The van der Waals surface area contributed by atoms with Crippen LogP contribution in [0, 0.1) is 0 Å². The third-order valence-electron chi connectivity index (χ3n) is 2.33. The van der Waals surface area contributed by atoms with Gasteiger partial charge in [-0.25, -0.2) is 0 Å². The van der Waals surface area contributed by atoms with E-state index in [1.54, 1.807) is 24.3 Å². The molecule has 0 heterocycles. The van der Waals surface area contributed by atoms with Crippen LogP contribution in [-0.4, -0.2) is 37.2 Å². The van der Waals surface area contributed by atoms with Crippen LogP contribution in [0.3, 0.4) is 0 Å². The Labute approximate surface area is 117 Å². The lowest BCUT2D eigenvalue weighted by molar-refractivity contribution is -0.137. The first-order chi connectivity index (χ1) is 9.56. The van der Waals surface area contributed by atoms with Crippen molar-refractivity contribution in [3.63, 3.8) is 0 Å². The summed E-state index contributed by atoms with van der Waals surface area (Å²) in [5.41, 5.74) is 0.746. The zero-order valence-electron chi connectivity index (χ0n) is 11.4. The molecule has 20 heavy (non-hydrogen) atoms. The molecule has 0 saturated carbocycles. The molecule has 0 aliphatic heterocycles. The van der Waals surface area contributed by atoms with Crippen molar-refractivity contribution in [3.8, 4) is 11.5 Å². The molecule has 0 aromatic heterocycles. The highest BCUT2D eigenvalue weighted by Gasteiger charge is 2.04. The molecule has 0 saturated heterocycles. The van der Waals surface area contributed by atoms with E-state index in [-0.39, 0.29) is 0 Å². The van der Waals surface area contributed by atoms with Gasteiger partial charge in [0.05, 0.1) is 13.7 Å². The third-order valence-corrected chi connectivity index (χ3v) is 2.33. The van der Waals surface area contributed by atoms with Gasteiger partial charge in [-0.1, -0.05) is 6.07 Å². The maximum Gasteiger partial charge on any atom is 0.322 e. The van der Waals surface area contributed by atoms with E-state index in [9.17, 15) is 9.59 Å². The van der Waals surface area contributed by atoms with Crippen LogP contribution in [0.4, 0.5) is 0 Å². The summed E-state index contributed by atoms with van der Waals surface area (Å²) in [6, 6.07) is 5.25. The Balaban J connectivity index is 2.72. The molecule has 2 N–H and O–H groups in total. The first-order valence-corrected chi connectivity index (χ1v) is 6.05. The SMILES string of the molecule is CCOc1ccc(/C=C/C(=O)NCC(=O)O)cc1OC. The quantitative estimate of drug-likeness (QED) is 0.735. The molecule has 1 rings (SSSR count). The summed E-state index contributed by atoms with van der Waals surface area (Å²) in [5.74, 6) is -0.364. The smallest absolute Gasteiger partial charge is 0.322 e. The van der Waals surface area contributed by atoms with Crippen molar-refractivity contribution < 1.29 is 24.2 Å². The highest BCUT2D eigenvalue weighted by atomic mass is 16.5. The summed E-state index contributed by atoms with van der Waals surface area (Å²) in [6.07, 6.45) is 2.83. The molecule has 0 fully saturated rings. The predicted molar refractivity (Wildman–Crippen MR) is 73.8 cm³/mol. The second kappa shape index (κ2) is 7.83. The average Bonchev–Trinajstić information content (AvgIpc) is 2.44. The normalized spacial score (nSPS) is 10.3. The number of hydrogen-bond donors (Lipinski definition) is 2. The van der Waals surface area contributed by atoms with Crippen LogP contribution >= 0.6 is 0 Å². The van der Waals surface area contributed by atoms with E-state index in [1.165, 1.54) is 13.2 Å². The third kappa shape index (κ3) is 5.01. The molecule has 0 radical (unpaired) electrons. The lowest BCUT2D eigenvalue weighted by Crippen LogP contribution is -2.27. The van der Waals surface area contributed by atoms with Crippen molar-refractivity contribution in [2.45, 2.75) is 6.92 Å². The number of ether oxygens (including phenoxy) is 2. The van der Waals surface area contributed by atoms with E-state index in [4.69, 9.17) is 14.6 Å². The van der Waals surface area contributed by atoms with Gasteiger partial charge in [0.15, 0.2) is 11.5 Å². The molecule has 0 aliphatic carbocycles. The molecule has 6 nitrogen and oxygen atoms in total. The summed E-state index contributed by atoms with van der Waals surface area (Å²) < 4.78 is 10.6. The average molecular weight is 279 g/mol. The maximum absolute atomic E-state index is 11.3. The van der Waals surface area contributed by atoms with Crippen molar-refractivity contribution in [2.24, 2.45) is 0 Å². The molecule has 0 atom stereocenters. The van der Waals surface area contributed by atoms with Crippen LogP contribution < -0.4 is 14.8 Å². The standard InChI is InChI=1S/C14H17NO5/c1-3-20-11-6-4-10(8-12(11)19-2)5-7-13(16)15-9-14(17)18/h4-8H,3,9H2,1-2H3,(H,15,16)(H,17,18)/b7-5+. The largest absolute Gasteiger partial charge is 0.493 e. The number of rotatable bonds is 7. The Bertz CT molecular complexity index is 510. The van der Waals surface area contributed by atoms with Crippen LogP contribution in [0.15, 0.2) is 24.3 Å². The van der Waals surface area contributed by atoms with Gasteiger partial charge < -0.3 is 19.9 Å². The van der Waals surface area contributed by atoms with E-state index < -0.39 is 18.4 Å². The van der Waals surface area contributed by atoms with Crippen molar-refractivity contribution in [3.05, 3.63) is 29.8 Å². The molecule has 0 aliphatic rings. The number of carbonyl (C=O) groups excluding carboxylic acids is 1. The van der Waals surface area contributed by atoms with Gasteiger partial charge in [-0.3, -0.25) is 9.59 Å². The number of methoxy groups -OCH3 is 1. The van der Waals surface area contributed by atoms with E-state index >= 15 is 0 Å². The number of carboxylic acid groups (broad SMARTS) is 1. The molecule has 0 unspecified atom stereocenters. The molecule has 1 amide bonds. The molecule has 0 spiro atoms. The summed E-state index contributed by atoms with van der Waals surface area (Å²) in [4.78, 5) is 21.6. The topological polar surface area (TPSA) is 84.9 Å². The zero-order valence-corrected chi connectivity index (χ0v) is 11.4. The van der Waals surface area contributed by atoms with Crippen molar-refractivity contribution >= 4 is 18.0 Å². The van der Waals surface area contributed by atoms with Crippen LogP contribution in [0.2, 0.25) is 0 Å². The summed E-state index contributed by atoms with van der Waals surface area (Å²) in [7, 11) is 1.53. The second-order valence-electron chi connectivity index (χ2n) is 3.79. The van der Waals surface area contributed by atoms with Crippen molar-refractivity contribution in [1.82, 2.24) is 5.32 Å². The first kappa shape index (κ1) is 15.6. The monoisotopic (exact) mass is 279 g/mol. The molecule has 1 aromatic rings. The number of aliphatic carboxylic acids is 1. The number of nitrogens with one attached hydrogen (secondary N) is 1. The number of hydrogen-bond acceptors (Lipinski definition) is 4. The van der Waals surface area contributed by atoms with Gasteiger partial charge >= 0.3 is 5.97 Å². The number of carboxylic acids is 1. The van der Waals surface area contributed by atoms with E-state index in [1.807, 2.05) is 6.92 Å². The number of benzene rings is 1. The van der Waals surface area contributed by atoms with Gasteiger partial charge in [-0.15, -0.1) is 0 Å². The molecule has 1 aromatic carbocycles. The number of amides is 1. The first-order valence-electron chi connectivity index (χ1n) is 6.05. The minimum Gasteiger partial charge on any atom is -0.493 e. The minimum atomic E-state index is -1.09. The van der Waals surface area contributed by atoms with Crippen LogP contribution in [0.1, 0.15) is 12.5 Å². The van der Waals surface area contributed by atoms with Gasteiger partial charge in [0.1, 0.15) is 6.54 Å². The lowest BCUT2D eigenvalue weighted by Gasteiger charge is -2.09. The Hall–Kier alpha value is -2.50. The summed E-state index contributed by atoms with van der Waals surface area (Å²) in [5, 5.41) is 10.7.